The lowest BCUT2D eigenvalue weighted by Crippen LogP contribution is -2.18. The lowest BCUT2D eigenvalue weighted by atomic mass is 10.2. The van der Waals surface area contributed by atoms with Crippen molar-refractivity contribution >= 4 is 22.9 Å². The van der Waals surface area contributed by atoms with Crippen molar-refractivity contribution in [1.82, 2.24) is 15.3 Å². The number of aryl methyl sites for hydroxylation is 1. The maximum Gasteiger partial charge on any atom is 0.109 e. The highest BCUT2D eigenvalue weighted by Gasteiger charge is 2.10. The minimum Gasteiger partial charge on any atom is -0.304 e. The van der Waals surface area contributed by atoms with Crippen LogP contribution < -0.4 is 5.32 Å². The van der Waals surface area contributed by atoms with Crippen molar-refractivity contribution in [2.75, 3.05) is 0 Å². The lowest BCUT2D eigenvalue weighted by molar-refractivity contribution is 0.571. The van der Waals surface area contributed by atoms with E-state index in [0.29, 0.717) is 5.02 Å². The molecule has 0 saturated heterocycles. The molecule has 2 heterocycles. The van der Waals surface area contributed by atoms with Crippen LogP contribution >= 0.6 is 22.9 Å². The third kappa shape index (κ3) is 3.28. The zero-order valence-electron chi connectivity index (χ0n) is 10.5. The predicted molar refractivity (Wildman–Crippen MR) is 76.0 cm³/mol. The number of nitrogens with one attached hydrogen (secondary N) is 1. The first-order valence-corrected chi connectivity index (χ1v) is 7.16. The maximum absolute atomic E-state index is 6.06. The van der Waals surface area contributed by atoms with Gasteiger partial charge in [-0.15, -0.1) is 11.3 Å². The van der Waals surface area contributed by atoms with Crippen molar-refractivity contribution in [3.63, 3.8) is 0 Å². The number of rotatable bonds is 5. The van der Waals surface area contributed by atoms with E-state index < -0.39 is 0 Å². The smallest absolute Gasteiger partial charge is 0.109 e. The van der Waals surface area contributed by atoms with Gasteiger partial charge in [-0.2, -0.15) is 0 Å². The van der Waals surface area contributed by atoms with Crippen molar-refractivity contribution in [3.05, 3.63) is 45.1 Å². The predicted octanol–water partition coefficient (Wildman–Crippen LogP) is 3.60. The fourth-order valence-electron chi connectivity index (χ4n) is 1.58. The van der Waals surface area contributed by atoms with Crippen molar-refractivity contribution < 1.29 is 0 Å². The van der Waals surface area contributed by atoms with E-state index >= 15 is 0 Å². The van der Waals surface area contributed by atoms with E-state index in [4.69, 9.17) is 11.6 Å². The minimum absolute atomic E-state index is 0.236. The fourth-order valence-corrected chi connectivity index (χ4v) is 2.65. The number of nitrogens with zero attached hydrogens (tertiary/aromatic N) is 2. The molecule has 1 atom stereocenters. The van der Waals surface area contributed by atoms with Gasteiger partial charge in [-0.05, 0) is 25.0 Å². The summed E-state index contributed by atoms with van der Waals surface area (Å²) in [7, 11) is 0. The van der Waals surface area contributed by atoms with Gasteiger partial charge in [-0.25, -0.2) is 4.98 Å². The molecule has 96 valence electrons. The Morgan fingerprint density at radius 2 is 2.28 bits per heavy atom. The van der Waals surface area contributed by atoms with Crippen molar-refractivity contribution in [1.29, 1.82) is 0 Å². The van der Waals surface area contributed by atoms with Gasteiger partial charge >= 0.3 is 0 Å². The van der Waals surface area contributed by atoms with Gasteiger partial charge in [-0.1, -0.05) is 18.5 Å². The molecule has 0 aromatic carbocycles. The summed E-state index contributed by atoms with van der Waals surface area (Å²) in [6.45, 7) is 4.99. The number of aromatic nitrogens is 2. The number of pyridine rings is 1. The van der Waals surface area contributed by atoms with Crippen LogP contribution in [0.5, 0.6) is 0 Å². The molecule has 5 heteroatoms. The SMILES string of the molecule is CCc1cnc(C(C)NCc2ccncc2Cl)s1. The molecule has 18 heavy (non-hydrogen) atoms. The molecule has 0 bridgehead atoms. The second kappa shape index (κ2) is 6.27. The number of thiazole rings is 1. The largest absolute Gasteiger partial charge is 0.304 e. The Morgan fingerprint density at radius 1 is 1.44 bits per heavy atom. The van der Waals surface area contributed by atoms with E-state index in [9.17, 15) is 0 Å². The van der Waals surface area contributed by atoms with Crippen LogP contribution in [0.15, 0.2) is 24.7 Å². The molecule has 1 unspecified atom stereocenters. The van der Waals surface area contributed by atoms with Gasteiger partial charge in [0.05, 0.1) is 11.1 Å². The molecule has 1 N–H and O–H groups in total. The summed E-state index contributed by atoms with van der Waals surface area (Å²) in [4.78, 5) is 9.73. The van der Waals surface area contributed by atoms with Crippen molar-refractivity contribution in [2.24, 2.45) is 0 Å². The van der Waals surface area contributed by atoms with Crippen LogP contribution in [0.4, 0.5) is 0 Å². The summed E-state index contributed by atoms with van der Waals surface area (Å²) >= 11 is 7.83. The standard InChI is InChI=1S/C13H16ClN3S/c1-3-11-7-17-13(18-11)9(2)16-6-10-4-5-15-8-12(10)14/h4-5,7-9,16H,3,6H2,1-2H3. The van der Waals surface area contributed by atoms with Crippen LogP contribution in [0.2, 0.25) is 5.02 Å². The summed E-state index contributed by atoms with van der Waals surface area (Å²) in [5.41, 5.74) is 1.06. The normalized spacial score (nSPS) is 12.6. The van der Waals surface area contributed by atoms with Crippen LogP contribution in [0.1, 0.15) is 35.3 Å². The highest BCUT2D eigenvalue weighted by atomic mass is 35.5. The summed E-state index contributed by atoms with van der Waals surface area (Å²) in [5.74, 6) is 0. The Hall–Kier alpha value is -0.970. The first kappa shape index (κ1) is 13.5. The average Bonchev–Trinajstić information content (AvgIpc) is 2.86. The van der Waals surface area contributed by atoms with E-state index in [-0.39, 0.29) is 6.04 Å². The third-order valence-electron chi connectivity index (χ3n) is 2.75. The minimum atomic E-state index is 0.236. The van der Waals surface area contributed by atoms with Gasteiger partial charge in [0.1, 0.15) is 5.01 Å². The van der Waals surface area contributed by atoms with E-state index in [1.807, 2.05) is 12.3 Å². The zero-order valence-corrected chi connectivity index (χ0v) is 12.1. The van der Waals surface area contributed by atoms with E-state index in [1.54, 1.807) is 23.7 Å². The van der Waals surface area contributed by atoms with E-state index in [0.717, 1.165) is 23.5 Å². The number of hydrogen-bond acceptors (Lipinski definition) is 4. The third-order valence-corrected chi connectivity index (χ3v) is 4.41. The summed E-state index contributed by atoms with van der Waals surface area (Å²) < 4.78 is 0. The summed E-state index contributed by atoms with van der Waals surface area (Å²) in [5, 5.41) is 5.25. The highest BCUT2D eigenvalue weighted by molar-refractivity contribution is 7.11. The quantitative estimate of drug-likeness (QED) is 0.910. The molecule has 0 fully saturated rings. The van der Waals surface area contributed by atoms with Gasteiger partial charge in [0.15, 0.2) is 0 Å². The molecule has 0 aliphatic heterocycles. The second-order valence-electron chi connectivity index (χ2n) is 4.09. The zero-order chi connectivity index (χ0) is 13.0. The molecule has 2 aromatic heterocycles. The molecular weight excluding hydrogens is 266 g/mol. The van der Waals surface area contributed by atoms with Crippen molar-refractivity contribution in [3.8, 4) is 0 Å². The van der Waals surface area contributed by atoms with Crippen molar-refractivity contribution in [2.45, 2.75) is 32.9 Å². The van der Waals surface area contributed by atoms with Gasteiger partial charge in [0, 0.05) is 30.0 Å². The Balaban J connectivity index is 1.96. The molecule has 0 aliphatic rings. The molecule has 0 radical (unpaired) electrons. The lowest BCUT2D eigenvalue weighted by Gasteiger charge is -2.11. The van der Waals surface area contributed by atoms with Gasteiger partial charge in [-0.3, -0.25) is 4.98 Å². The van der Waals surface area contributed by atoms with Gasteiger partial charge in [0.25, 0.3) is 0 Å². The van der Waals surface area contributed by atoms with Gasteiger partial charge in [0.2, 0.25) is 0 Å². The van der Waals surface area contributed by atoms with Crippen LogP contribution in [-0.2, 0) is 13.0 Å². The molecular formula is C13H16ClN3S. The Bertz CT molecular complexity index is 512. The van der Waals surface area contributed by atoms with Crippen LogP contribution in [0.3, 0.4) is 0 Å². The van der Waals surface area contributed by atoms with Crippen LogP contribution in [0, 0.1) is 0 Å². The van der Waals surface area contributed by atoms with Gasteiger partial charge < -0.3 is 5.32 Å². The van der Waals surface area contributed by atoms with E-state index in [1.165, 1.54) is 4.88 Å². The van der Waals surface area contributed by atoms with Crippen LogP contribution in [0.25, 0.3) is 0 Å². The second-order valence-corrected chi connectivity index (χ2v) is 5.64. The summed E-state index contributed by atoms with van der Waals surface area (Å²) in [6.07, 6.45) is 6.42. The summed E-state index contributed by atoms with van der Waals surface area (Å²) in [6, 6.07) is 2.17. The molecule has 2 aromatic rings. The highest BCUT2D eigenvalue weighted by Crippen LogP contribution is 2.21. The molecule has 2 rings (SSSR count). The molecule has 0 amide bonds. The Kier molecular flexibility index (Phi) is 4.69. The first-order valence-electron chi connectivity index (χ1n) is 5.97. The fraction of sp³-hybridized carbons (Fsp3) is 0.385. The monoisotopic (exact) mass is 281 g/mol. The average molecular weight is 282 g/mol. The molecule has 3 nitrogen and oxygen atoms in total. The topological polar surface area (TPSA) is 37.8 Å². The van der Waals surface area contributed by atoms with Crippen LogP contribution in [-0.4, -0.2) is 9.97 Å². The molecule has 0 saturated carbocycles. The molecule has 0 spiro atoms. The number of halogens is 1. The maximum atomic E-state index is 6.06. The Labute approximate surface area is 116 Å². The Morgan fingerprint density at radius 3 is 2.94 bits per heavy atom. The molecule has 0 aliphatic carbocycles. The number of hydrogen-bond donors (Lipinski definition) is 1. The first-order chi connectivity index (χ1) is 8.70. The van der Waals surface area contributed by atoms with E-state index in [2.05, 4.69) is 29.1 Å².